The molecule has 0 N–H and O–H groups in total. The fourth-order valence-corrected chi connectivity index (χ4v) is 2.86. The van der Waals surface area contributed by atoms with Crippen LogP contribution >= 0.6 is 0 Å². The molecule has 164 valence electrons. The summed E-state index contributed by atoms with van der Waals surface area (Å²) in [6.45, 7) is 11.4. The Labute approximate surface area is 213 Å². The maximum absolute atomic E-state index is 10.7. The molecule has 0 radical (unpaired) electrons. The Morgan fingerprint density at radius 2 is 1.10 bits per heavy atom. The van der Waals surface area contributed by atoms with E-state index in [9.17, 15) is 25.9 Å². The van der Waals surface area contributed by atoms with Gasteiger partial charge in [-0.25, -0.2) is 16.8 Å². The molecule has 0 heterocycles. The Hall–Kier alpha value is -1.40. The van der Waals surface area contributed by atoms with Crippen molar-refractivity contribution in [1.29, 1.82) is 0 Å². The van der Waals surface area contributed by atoms with E-state index in [1.54, 1.807) is 26.0 Å². The van der Waals surface area contributed by atoms with Gasteiger partial charge in [-0.2, -0.15) is 0 Å². The average molecular weight is 495 g/mol. The molecular formula is C20H22CaO8S2. The van der Waals surface area contributed by atoms with Crippen LogP contribution in [0.1, 0.15) is 13.8 Å². The van der Waals surface area contributed by atoms with E-state index < -0.39 is 20.2 Å². The van der Waals surface area contributed by atoms with Crippen molar-refractivity contribution in [3.63, 3.8) is 0 Å². The van der Waals surface area contributed by atoms with E-state index in [2.05, 4.69) is 13.2 Å². The molecule has 0 unspecified atom stereocenters. The summed E-state index contributed by atoms with van der Waals surface area (Å²) in [5.74, 6) is 0.685. The van der Waals surface area contributed by atoms with Gasteiger partial charge in [0, 0.05) is 0 Å². The van der Waals surface area contributed by atoms with Crippen LogP contribution < -0.4 is 9.47 Å². The monoisotopic (exact) mass is 494 g/mol. The second-order valence-electron chi connectivity index (χ2n) is 6.35. The third-order valence-corrected chi connectivity index (χ3v) is 4.82. The van der Waals surface area contributed by atoms with Gasteiger partial charge >= 0.3 is 37.7 Å². The maximum atomic E-state index is 10.7. The molecule has 0 bridgehead atoms. The molecule has 8 nitrogen and oxygen atoms in total. The van der Waals surface area contributed by atoms with Crippen molar-refractivity contribution in [2.45, 2.75) is 23.6 Å². The molecule has 11 heteroatoms. The molecule has 31 heavy (non-hydrogen) atoms. The van der Waals surface area contributed by atoms with E-state index in [0.29, 0.717) is 24.7 Å². The van der Waals surface area contributed by atoms with Crippen LogP contribution in [0.4, 0.5) is 0 Å². The molecular weight excluding hydrogens is 472 g/mol. The first-order valence-corrected chi connectivity index (χ1v) is 11.3. The van der Waals surface area contributed by atoms with E-state index >= 15 is 0 Å². The van der Waals surface area contributed by atoms with Crippen LogP contribution in [0.15, 0.2) is 82.6 Å². The van der Waals surface area contributed by atoms with Crippen molar-refractivity contribution in [2.75, 3.05) is 13.2 Å². The zero-order valence-electron chi connectivity index (χ0n) is 17.2. The van der Waals surface area contributed by atoms with Crippen LogP contribution in [0.2, 0.25) is 0 Å². The predicted molar refractivity (Wildman–Crippen MR) is 115 cm³/mol. The van der Waals surface area contributed by atoms with E-state index in [4.69, 9.17) is 9.47 Å². The Bertz CT molecular complexity index is 1020. The number of hydrogen-bond acceptors (Lipinski definition) is 8. The Balaban J connectivity index is 0.000000562. The molecule has 0 amide bonds. The molecule has 0 aliphatic rings. The van der Waals surface area contributed by atoms with Crippen molar-refractivity contribution in [3.05, 3.63) is 72.8 Å². The standard InChI is InChI=1S/2C10H12O4S.Ca/c2*1-8(2)7-14-9-4-3-5-10(6-9)15(11,12)13;/h2*3-6H,1,7H2,2H3,(H,11,12,13);/q;;+2/p-2. The minimum Gasteiger partial charge on any atom is -0.744 e. The zero-order chi connectivity index (χ0) is 22.9. The topological polar surface area (TPSA) is 133 Å². The molecule has 0 saturated carbocycles. The van der Waals surface area contributed by atoms with Gasteiger partial charge in [0.1, 0.15) is 44.9 Å². The van der Waals surface area contributed by atoms with E-state index in [1.807, 2.05) is 0 Å². The van der Waals surface area contributed by atoms with Crippen LogP contribution in [-0.4, -0.2) is 76.9 Å². The smallest absolute Gasteiger partial charge is 0.744 e. The Morgan fingerprint density at radius 1 is 0.774 bits per heavy atom. The van der Waals surface area contributed by atoms with Gasteiger partial charge in [-0.15, -0.1) is 0 Å². The third kappa shape index (κ3) is 12.3. The summed E-state index contributed by atoms with van der Waals surface area (Å²) >= 11 is 0. The first kappa shape index (κ1) is 29.6. The van der Waals surface area contributed by atoms with Gasteiger partial charge in [-0.1, -0.05) is 25.3 Å². The second kappa shape index (κ2) is 13.2. The SMILES string of the molecule is C=C(C)COc1cccc(S(=O)(=O)[O-])c1.C=C(C)COc1cccc(S(=O)(=O)[O-])c1.[Ca+2]. The zero-order valence-corrected chi connectivity index (χ0v) is 21.1. The number of rotatable bonds is 8. The molecule has 0 atom stereocenters. The van der Waals surface area contributed by atoms with Gasteiger partial charge < -0.3 is 18.6 Å². The van der Waals surface area contributed by atoms with E-state index in [0.717, 1.165) is 11.1 Å². The molecule has 0 saturated heterocycles. The fraction of sp³-hybridized carbons (Fsp3) is 0.200. The van der Waals surface area contributed by atoms with Gasteiger partial charge in [-0.3, -0.25) is 0 Å². The molecule has 0 aromatic heterocycles. The third-order valence-electron chi connectivity index (χ3n) is 3.16. The molecule has 0 aliphatic heterocycles. The van der Waals surface area contributed by atoms with Gasteiger partial charge in [-0.05, 0) is 61.4 Å². The number of hydrogen-bond donors (Lipinski definition) is 0. The van der Waals surface area contributed by atoms with E-state index in [-0.39, 0.29) is 47.5 Å². The van der Waals surface area contributed by atoms with Crippen LogP contribution in [0.3, 0.4) is 0 Å². The van der Waals surface area contributed by atoms with Gasteiger partial charge in [0.05, 0.1) is 9.79 Å². The quantitative estimate of drug-likeness (QED) is 0.311. The van der Waals surface area contributed by atoms with Crippen LogP contribution in [-0.2, 0) is 20.2 Å². The van der Waals surface area contributed by atoms with Crippen LogP contribution in [0.25, 0.3) is 0 Å². The summed E-state index contributed by atoms with van der Waals surface area (Å²) in [5, 5.41) is 0. The molecule has 0 spiro atoms. The summed E-state index contributed by atoms with van der Waals surface area (Å²) < 4.78 is 74.6. The van der Waals surface area contributed by atoms with Gasteiger partial charge in [0.2, 0.25) is 0 Å². The van der Waals surface area contributed by atoms with Gasteiger partial charge in [0.25, 0.3) is 0 Å². The van der Waals surface area contributed by atoms with Crippen LogP contribution in [0.5, 0.6) is 11.5 Å². The van der Waals surface area contributed by atoms with Crippen molar-refractivity contribution in [3.8, 4) is 11.5 Å². The average Bonchev–Trinajstić information content (AvgIpc) is 2.64. The van der Waals surface area contributed by atoms with Crippen molar-refractivity contribution < 1.29 is 35.4 Å². The first-order chi connectivity index (χ1) is 13.8. The molecule has 0 aliphatic carbocycles. The Morgan fingerprint density at radius 3 is 1.35 bits per heavy atom. The number of ether oxygens (including phenoxy) is 2. The predicted octanol–water partition coefficient (Wildman–Crippen LogP) is 2.71. The second-order valence-corrected chi connectivity index (χ2v) is 9.11. The van der Waals surface area contributed by atoms with E-state index in [1.165, 1.54) is 36.4 Å². The fourth-order valence-electron chi connectivity index (χ4n) is 1.85. The first-order valence-electron chi connectivity index (χ1n) is 8.45. The normalized spacial score (nSPS) is 10.7. The van der Waals surface area contributed by atoms with Crippen molar-refractivity contribution >= 4 is 58.0 Å². The van der Waals surface area contributed by atoms with Crippen molar-refractivity contribution in [1.82, 2.24) is 0 Å². The Kier molecular flexibility index (Phi) is 12.6. The van der Waals surface area contributed by atoms with Crippen molar-refractivity contribution in [2.24, 2.45) is 0 Å². The number of benzene rings is 2. The molecule has 2 rings (SSSR count). The largest absolute Gasteiger partial charge is 2.00 e. The minimum atomic E-state index is -4.42. The molecule has 2 aromatic rings. The molecule has 0 fully saturated rings. The summed E-state index contributed by atoms with van der Waals surface area (Å²) in [6.07, 6.45) is 0. The van der Waals surface area contributed by atoms with Gasteiger partial charge in [0.15, 0.2) is 0 Å². The summed E-state index contributed by atoms with van der Waals surface area (Å²) in [7, 11) is -8.83. The molecule has 2 aromatic carbocycles. The maximum Gasteiger partial charge on any atom is 2.00 e. The van der Waals surface area contributed by atoms with Crippen LogP contribution in [0, 0.1) is 0 Å². The summed E-state index contributed by atoms with van der Waals surface area (Å²) in [5.41, 5.74) is 1.62. The summed E-state index contributed by atoms with van der Waals surface area (Å²) in [6, 6.07) is 10.9. The minimum absolute atomic E-state index is 0. The summed E-state index contributed by atoms with van der Waals surface area (Å²) in [4.78, 5) is -0.580.